The summed E-state index contributed by atoms with van der Waals surface area (Å²) in [4.78, 5) is 14.3. The lowest BCUT2D eigenvalue weighted by atomic mass is 9.87. The van der Waals surface area contributed by atoms with E-state index in [4.69, 9.17) is 0 Å². The average molecular weight is 290 g/mol. The fourth-order valence-corrected chi connectivity index (χ4v) is 3.01. The third-order valence-corrected chi connectivity index (χ3v) is 4.58. The molecular weight excluding hydrogens is 262 g/mol. The molecule has 0 aromatic rings. The van der Waals surface area contributed by atoms with Crippen molar-refractivity contribution in [3.63, 3.8) is 0 Å². The van der Waals surface area contributed by atoms with E-state index in [1.54, 1.807) is 0 Å². The Hall–Kier alpha value is -0.320. The molecule has 1 spiro atoms. The third-order valence-electron chi connectivity index (χ3n) is 4.58. The number of hydrogen-bond donors (Lipinski definition) is 2. The van der Waals surface area contributed by atoms with Crippen LogP contribution in [0, 0.1) is 5.41 Å². The first-order valence-electron chi connectivity index (χ1n) is 7.19. The van der Waals surface area contributed by atoms with Gasteiger partial charge in [-0.2, -0.15) is 0 Å². The van der Waals surface area contributed by atoms with E-state index < -0.39 is 0 Å². The second kappa shape index (κ2) is 6.42. The van der Waals surface area contributed by atoms with E-state index in [9.17, 15) is 4.79 Å². The zero-order valence-electron chi connectivity index (χ0n) is 12.4. The monoisotopic (exact) mass is 289 g/mol. The molecule has 2 heterocycles. The Morgan fingerprint density at radius 1 is 1.42 bits per heavy atom. The van der Waals surface area contributed by atoms with Crippen LogP contribution in [0.4, 0.5) is 0 Å². The molecule has 2 fully saturated rings. The van der Waals surface area contributed by atoms with Crippen LogP contribution in [0.3, 0.4) is 0 Å². The van der Waals surface area contributed by atoms with Crippen molar-refractivity contribution in [3.8, 4) is 0 Å². The minimum atomic E-state index is -0.0800. The number of nitrogens with one attached hydrogen (secondary N) is 2. The Bertz CT molecular complexity index is 314. The minimum Gasteiger partial charge on any atom is -0.350 e. The van der Waals surface area contributed by atoms with Crippen LogP contribution in [0.1, 0.15) is 40.0 Å². The van der Waals surface area contributed by atoms with E-state index in [1.807, 2.05) is 0 Å². The normalized spacial score (nSPS) is 27.5. The van der Waals surface area contributed by atoms with E-state index in [0.717, 1.165) is 32.6 Å². The predicted octanol–water partition coefficient (Wildman–Crippen LogP) is 1.40. The van der Waals surface area contributed by atoms with Gasteiger partial charge in [-0.1, -0.05) is 6.92 Å². The van der Waals surface area contributed by atoms with Gasteiger partial charge >= 0.3 is 0 Å². The van der Waals surface area contributed by atoms with E-state index in [-0.39, 0.29) is 23.9 Å². The van der Waals surface area contributed by atoms with Crippen LogP contribution in [0.25, 0.3) is 0 Å². The Morgan fingerprint density at radius 2 is 2.16 bits per heavy atom. The molecular formula is C14H28ClN3O. The van der Waals surface area contributed by atoms with Crippen LogP contribution in [-0.2, 0) is 4.79 Å². The Morgan fingerprint density at radius 3 is 2.74 bits per heavy atom. The second-order valence-electron chi connectivity index (χ2n) is 6.67. The first-order chi connectivity index (χ1) is 8.45. The molecule has 112 valence electrons. The van der Waals surface area contributed by atoms with Crippen molar-refractivity contribution >= 4 is 18.3 Å². The molecule has 2 aliphatic heterocycles. The molecule has 0 aromatic carbocycles. The third kappa shape index (κ3) is 4.33. The number of carbonyl (C=O) groups is 1. The number of halogens is 1. The maximum Gasteiger partial charge on any atom is 0.234 e. The highest BCUT2D eigenvalue weighted by molar-refractivity contribution is 5.85. The van der Waals surface area contributed by atoms with Crippen molar-refractivity contribution in [2.75, 3.05) is 32.7 Å². The average Bonchev–Trinajstić information content (AvgIpc) is 2.89. The van der Waals surface area contributed by atoms with Gasteiger partial charge in [0, 0.05) is 18.6 Å². The topological polar surface area (TPSA) is 44.4 Å². The Labute approximate surface area is 123 Å². The number of nitrogens with zero attached hydrogens (tertiary/aromatic N) is 1. The summed E-state index contributed by atoms with van der Waals surface area (Å²) < 4.78 is 0. The molecule has 2 saturated heterocycles. The van der Waals surface area contributed by atoms with Crippen LogP contribution in [0.2, 0.25) is 0 Å². The van der Waals surface area contributed by atoms with Crippen LogP contribution >= 0.6 is 12.4 Å². The molecule has 0 saturated carbocycles. The van der Waals surface area contributed by atoms with Gasteiger partial charge in [0.1, 0.15) is 0 Å². The molecule has 1 amide bonds. The van der Waals surface area contributed by atoms with E-state index in [0.29, 0.717) is 12.0 Å². The second-order valence-corrected chi connectivity index (χ2v) is 6.67. The molecule has 1 unspecified atom stereocenters. The van der Waals surface area contributed by atoms with Gasteiger partial charge in [0.15, 0.2) is 0 Å². The summed E-state index contributed by atoms with van der Waals surface area (Å²) in [6.07, 6.45) is 3.47. The van der Waals surface area contributed by atoms with Crippen molar-refractivity contribution in [2.24, 2.45) is 5.41 Å². The quantitative estimate of drug-likeness (QED) is 0.822. The van der Waals surface area contributed by atoms with Crippen LogP contribution < -0.4 is 10.6 Å². The zero-order valence-corrected chi connectivity index (χ0v) is 13.2. The summed E-state index contributed by atoms with van der Waals surface area (Å²) in [5.41, 5.74) is 0.379. The molecule has 1 atom stereocenters. The van der Waals surface area contributed by atoms with Gasteiger partial charge in [-0.25, -0.2) is 0 Å². The summed E-state index contributed by atoms with van der Waals surface area (Å²) in [7, 11) is 0. The number of carbonyl (C=O) groups excluding carboxylic acids is 1. The molecule has 4 nitrogen and oxygen atoms in total. The minimum absolute atomic E-state index is 0. The molecule has 2 aliphatic rings. The fraction of sp³-hybridized carbons (Fsp3) is 0.929. The first-order valence-corrected chi connectivity index (χ1v) is 7.19. The number of amides is 1. The maximum absolute atomic E-state index is 12.0. The number of likely N-dealkylation sites (tertiary alicyclic amines) is 1. The lowest BCUT2D eigenvalue weighted by molar-refractivity contribution is -0.123. The molecule has 0 aromatic heterocycles. The van der Waals surface area contributed by atoms with Crippen molar-refractivity contribution < 1.29 is 4.79 Å². The lowest BCUT2D eigenvalue weighted by Crippen LogP contribution is -2.47. The largest absolute Gasteiger partial charge is 0.350 e. The molecule has 0 radical (unpaired) electrons. The highest BCUT2D eigenvalue weighted by Crippen LogP contribution is 2.35. The molecule has 19 heavy (non-hydrogen) atoms. The van der Waals surface area contributed by atoms with Crippen molar-refractivity contribution in [3.05, 3.63) is 0 Å². The fourth-order valence-electron chi connectivity index (χ4n) is 3.01. The first kappa shape index (κ1) is 16.7. The Balaban J connectivity index is 0.00000180. The zero-order chi connectivity index (χ0) is 13.2. The Kier molecular flexibility index (Phi) is 5.65. The molecule has 2 N–H and O–H groups in total. The van der Waals surface area contributed by atoms with E-state index >= 15 is 0 Å². The van der Waals surface area contributed by atoms with Crippen molar-refractivity contribution in [1.29, 1.82) is 0 Å². The van der Waals surface area contributed by atoms with Crippen molar-refractivity contribution in [2.45, 2.75) is 45.6 Å². The molecule has 5 heteroatoms. The predicted molar refractivity (Wildman–Crippen MR) is 80.7 cm³/mol. The van der Waals surface area contributed by atoms with E-state index in [1.165, 1.54) is 12.8 Å². The number of rotatable bonds is 4. The summed E-state index contributed by atoms with van der Waals surface area (Å²) in [6, 6.07) is 0. The highest BCUT2D eigenvalue weighted by atomic mass is 35.5. The SMILES string of the molecule is CCC(C)(C)NC(=O)CN1CCC2(CCNC2)C1.Cl. The van der Waals surface area contributed by atoms with Crippen LogP contribution in [0.15, 0.2) is 0 Å². The summed E-state index contributed by atoms with van der Waals surface area (Å²) in [5, 5.41) is 6.56. The van der Waals surface area contributed by atoms with Gasteiger partial charge in [0.25, 0.3) is 0 Å². The van der Waals surface area contributed by atoms with E-state index in [2.05, 4.69) is 36.3 Å². The number of hydrogen-bond acceptors (Lipinski definition) is 3. The smallest absolute Gasteiger partial charge is 0.234 e. The van der Waals surface area contributed by atoms with Gasteiger partial charge in [0.2, 0.25) is 5.91 Å². The van der Waals surface area contributed by atoms with Crippen molar-refractivity contribution in [1.82, 2.24) is 15.5 Å². The summed E-state index contributed by atoms with van der Waals surface area (Å²) in [5.74, 6) is 0.171. The standard InChI is InChI=1S/C14H27N3O.ClH/c1-4-13(2,3)16-12(18)9-17-8-6-14(11-17)5-7-15-10-14;/h15H,4-11H2,1-3H3,(H,16,18);1H. The van der Waals surface area contributed by atoms with Gasteiger partial charge in [-0.05, 0) is 51.6 Å². The summed E-state index contributed by atoms with van der Waals surface area (Å²) >= 11 is 0. The van der Waals surface area contributed by atoms with Gasteiger partial charge < -0.3 is 10.6 Å². The van der Waals surface area contributed by atoms with Crippen LogP contribution in [-0.4, -0.2) is 49.1 Å². The van der Waals surface area contributed by atoms with Crippen LogP contribution in [0.5, 0.6) is 0 Å². The maximum atomic E-state index is 12.0. The molecule has 2 rings (SSSR count). The van der Waals surface area contributed by atoms with Gasteiger partial charge in [0.05, 0.1) is 6.54 Å². The highest BCUT2D eigenvalue weighted by Gasteiger charge is 2.40. The lowest BCUT2D eigenvalue weighted by Gasteiger charge is -2.27. The summed E-state index contributed by atoms with van der Waals surface area (Å²) in [6.45, 7) is 11.3. The molecule has 0 bridgehead atoms. The van der Waals surface area contributed by atoms with Gasteiger partial charge in [-0.3, -0.25) is 9.69 Å². The van der Waals surface area contributed by atoms with Gasteiger partial charge in [-0.15, -0.1) is 12.4 Å². The molecule has 0 aliphatic carbocycles.